The van der Waals surface area contributed by atoms with Gasteiger partial charge in [0.25, 0.3) is 11.3 Å². The van der Waals surface area contributed by atoms with Crippen LogP contribution in [0.1, 0.15) is 24.0 Å². The molecular formula is C16H18N6O2. The fourth-order valence-electron chi connectivity index (χ4n) is 2.45. The lowest BCUT2D eigenvalue weighted by atomic mass is 10.2. The summed E-state index contributed by atoms with van der Waals surface area (Å²) in [6, 6.07) is 6.90. The molecule has 8 nitrogen and oxygen atoms in total. The Balaban J connectivity index is 1.92. The second-order valence-electron chi connectivity index (χ2n) is 5.49. The Morgan fingerprint density at radius 2 is 2.04 bits per heavy atom. The smallest absolute Gasteiger partial charge is 0.308 e. The van der Waals surface area contributed by atoms with Crippen LogP contribution in [0.2, 0.25) is 0 Å². The van der Waals surface area contributed by atoms with Crippen molar-refractivity contribution in [1.29, 1.82) is 0 Å². The van der Waals surface area contributed by atoms with Gasteiger partial charge in [-0.25, -0.2) is 9.78 Å². The molecule has 2 aromatic heterocycles. The van der Waals surface area contributed by atoms with Crippen LogP contribution >= 0.6 is 0 Å². The summed E-state index contributed by atoms with van der Waals surface area (Å²) in [7, 11) is 0. The maximum Gasteiger partial charge on any atom is 0.323 e. The summed E-state index contributed by atoms with van der Waals surface area (Å²) >= 11 is 0. The number of benzene rings is 1. The van der Waals surface area contributed by atoms with Gasteiger partial charge in [-0.2, -0.15) is 9.50 Å². The molecule has 3 rings (SSSR count). The molecule has 1 aromatic carbocycles. The molecule has 0 saturated carbocycles. The van der Waals surface area contributed by atoms with Crippen molar-refractivity contribution in [2.24, 2.45) is 0 Å². The third kappa shape index (κ3) is 2.98. The molecule has 0 radical (unpaired) electrons. The normalized spacial score (nSPS) is 10.8. The summed E-state index contributed by atoms with van der Waals surface area (Å²) < 4.78 is 1.22. The van der Waals surface area contributed by atoms with Crippen LogP contribution in [0.15, 0.2) is 29.1 Å². The van der Waals surface area contributed by atoms with Crippen molar-refractivity contribution in [2.45, 2.75) is 27.2 Å². The Bertz CT molecular complexity index is 972. The molecule has 0 bridgehead atoms. The van der Waals surface area contributed by atoms with Crippen molar-refractivity contribution in [1.82, 2.24) is 19.6 Å². The number of aryl methyl sites for hydroxylation is 3. The van der Waals surface area contributed by atoms with E-state index in [4.69, 9.17) is 0 Å². The highest BCUT2D eigenvalue weighted by molar-refractivity contribution is 6.00. The number of fused-ring (bicyclic) bond motifs is 1. The fourth-order valence-corrected chi connectivity index (χ4v) is 2.45. The van der Waals surface area contributed by atoms with E-state index in [0.29, 0.717) is 29.4 Å². The van der Waals surface area contributed by atoms with Gasteiger partial charge in [-0.1, -0.05) is 19.1 Å². The zero-order chi connectivity index (χ0) is 17.3. The lowest BCUT2D eigenvalue weighted by molar-refractivity contribution is 0.262. The highest BCUT2D eigenvalue weighted by Gasteiger charge is 2.16. The monoisotopic (exact) mass is 326 g/mol. The molecule has 24 heavy (non-hydrogen) atoms. The second kappa shape index (κ2) is 6.15. The lowest BCUT2D eigenvalue weighted by Gasteiger charge is -2.10. The van der Waals surface area contributed by atoms with Crippen molar-refractivity contribution < 1.29 is 4.79 Å². The summed E-state index contributed by atoms with van der Waals surface area (Å²) in [4.78, 5) is 33.3. The number of anilines is 2. The summed E-state index contributed by atoms with van der Waals surface area (Å²) in [5.41, 5.74) is 1.92. The first-order valence-electron chi connectivity index (χ1n) is 7.61. The molecular weight excluding hydrogens is 308 g/mol. The van der Waals surface area contributed by atoms with E-state index >= 15 is 0 Å². The molecule has 2 heterocycles. The molecule has 0 atom stereocenters. The zero-order valence-electron chi connectivity index (χ0n) is 13.7. The summed E-state index contributed by atoms with van der Waals surface area (Å²) in [5.74, 6) is 0.863. The SMILES string of the molecule is CCc1nc2nc(C)[nH]n2c(=O)c1NC(=O)Nc1cccc(C)c1. The highest BCUT2D eigenvalue weighted by atomic mass is 16.2. The van der Waals surface area contributed by atoms with Gasteiger partial charge in [0.05, 0.1) is 5.69 Å². The molecule has 0 spiro atoms. The van der Waals surface area contributed by atoms with Gasteiger partial charge in [-0.05, 0) is 38.0 Å². The molecule has 8 heteroatoms. The molecule has 3 N–H and O–H groups in total. The average Bonchev–Trinajstić information content (AvgIpc) is 2.90. The maximum atomic E-state index is 12.6. The Morgan fingerprint density at radius 1 is 1.25 bits per heavy atom. The van der Waals surface area contributed by atoms with Gasteiger partial charge in [-0.15, -0.1) is 0 Å². The summed E-state index contributed by atoms with van der Waals surface area (Å²) in [5, 5.41) is 8.12. The van der Waals surface area contributed by atoms with Crippen LogP contribution in [0.5, 0.6) is 0 Å². The highest BCUT2D eigenvalue weighted by Crippen LogP contribution is 2.13. The summed E-state index contributed by atoms with van der Waals surface area (Å²) in [6.45, 7) is 5.53. The number of hydrogen-bond donors (Lipinski definition) is 3. The fraction of sp³-hybridized carbons (Fsp3) is 0.250. The summed E-state index contributed by atoms with van der Waals surface area (Å²) in [6.07, 6.45) is 0.498. The predicted octanol–water partition coefficient (Wildman–Crippen LogP) is 2.24. The van der Waals surface area contributed by atoms with Crippen molar-refractivity contribution in [3.05, 3.63) is 51.7 Å². The van der Waals surface area contributed by atoms with Crippen LogP contribution in [-0.4, -0.2) is 25.6 Å². The van der Waals surface area contributed by atoms with Gasteiger partial charge in [-0.3, -0.25) is 9.89 Å². The van der Waals surface area contributed by atoms with Crippen molar-refractivity contribution in [2.75, 3.05) is 10.6 Å². The molecule has 124 valence electrons. The van der Waals surface area contributed by atoms with E-state index in [1.165, 1.54) is 4.52 Å². The number of urea groups is 1. The molecule has 0 aliphatic rings. The first-order chi connectivity index (χ1) is 11.5. The number of aromatic amines is 1. The molecule has 0 unspecified atom stereocenters. The van der Waals surface area contributed by atoms with Crippen molar-refractivity contribution in [3.63, 3.8) is 0 Å². The Morgan fingerprint density at radius 3 is 2.75 bits per heavy atom. The number of nitrogens with one attached hydrogen (secondary N) is 3. The van der Waals surface area contributed by atoms with Crippen molar-refractivity contribution >= 4 is 23.2 Å². The van der Waals surface area contributed by atoms with Gasteiger partial charge in [0, 0.05) is 5.69 Å². The first-order valence-corrected chi connectivity index (χ1v) is 7.61. The van der Waals surface area contributed by atoms with Crippen LogP contribution in [0.4, 0.5) is 16.2 Å². The van der Waals surface area contributed by atoms with E-state index in [2.05, 4.69) is 25.7 Å². The van der Waals surface area contributed by atoms with Gasteiger partial charge in [0.1, 0.15) is 11.5 Å². The van der Waals surface area contributed by atoms with E-state index in [1.807, 2.05) is 32.0 Å². The van der Waals surface area contributed by atoms with E-state index in [1.54, 1.807) is 13.0 Å². The third-order valence-electron chi connectivity index (χ3n) is 3.53. The van der Waals surface area contributed by atoms with Crippen LogP contribution in [-0.2, 0) is 6.42 Å². The van der Waals surface area contributed by atoms with E-state index in [-0.39, 0.29) is 5.69 Å². The van der Waals surface area contributed by atoms with Gasteiger partial charge in [0.2, 0.25) is 0 Å². The lowest BCUT2D eigenvalue weighted by Crippen LogP contribution is -2.28. The zero-order valence-corrected chi connectivity index (χ0v) is 13.7. The van der Waals surface area contributed by atoms with Gasteiger partial charge in [0.15, 0.2) is 0 Å². The Kier molecular flexibility index (Phi) is 4.03. The minimum absolute atomic E-state index is 0.142. The number of nitrogens with zero attached hydrogens (tertiary/aromatic N) is 3. The van der Waals surface area contributed by atoms with E-state index in [9.17, 15) is 9.59 Å². The number of carbonyl (C=O) groups is 1. The average molecular weight is 326 g/mol. The molecule has 0 fully saturated rings. The van der Waals surface area contributed by atoms with E-state index < -0.39 is 11.6 Å². The third-order valence-corrected chi connectivity index (χ3v) is 3.53. The van der Waals surface area contributed by atoms with Crippen molar-refractivity contribution in [3.8, 4) is 0 Å². The quantitative estimate of drug-likeness (QED) is 0.686. The Hall–Kier alpha value is -3.16. The molecule has 2 amide bonds. The number of carbonyl (C=O) groups excluding carboxylic acids is 1. The van der Waals surface area contributed by atoms with Crippen LogP contribution in [0.25, 0.3) is 5.78 Å². The number of rotatable bonds is 3. The van der Waals surface area contributed by atoms with Crippen LogP contribution < -0.4 is 16.2 Å². The maximum absolute atomic E-state index is 12.6. The second-order valence-corrected chi connectivity index (χ2v) is 5.49. The number of amides is 2. The molecule has 0 saturated heterocycles. The van der Waals surface area contributed by atoms with Crippen LogP contribution in [0, 0.1) is 13.8 Å². The molecule has 0 aliphatic carbocycles. The number of H-pyrrole nitrogens is 1. The first kappa shape index (κ1) is 15.7. The Labute approximate surface area is 137 Å². The van der Waals surface area contributed by atoms with Crippen LogP contribution in [0.3, 0.4) is 0 Å². The molecule has 3 aromatic rings. The minimum Gasteiger partial charge on any atom is -0.308 e. The minimum atomic E-state index is -0.495. The topological polar surface area (TPSA) is 104 Å². The molecule has 0 aliphatic heterocycles. The number of hydrogen-bond acceptors (Lipinski definition) is 4. The largest absolute Gasteiger partial charge is 0.323 e. The number of aromatic nitrogens is 4. The van der Waals surface area contributed by atoms with Gasteiger partial charge < -0.3 is 10.6 Å². The predicted molar refractivity (Wildman–Crippen MR) is 91.5 cm³/mol. The van der Waals surface area contributed by atoms with E-state index in [0.717, 1.165) is 5.56 Å². The standard InChI is InChI=1S/C16H18N6O2/c1-4-12-13(14(23)22-15(19-12)17-10(3)21-22)20-16(24)18-11-7-5-6-9(2)8-11/h5-8H,4H2,1-3H3,(H,17,19,21)(H2,18,20,24). The van der Waals surface area contributed by atoms with Gasteiger partial charge >= 0.3 is 6.03 Å².